The lowest BCUT2D eigenvalue weighted by Crippen LogP contribution is -2.48. The van der Waals surface area contributed by atoms with E-state index in [2.05, 4.69) is 34.4 Å². The molecule has 2 aromatic carbocycles. The van der Waals surface area contributed by atoms with Crippen molar-refractivity contribution in [2.75, 3.05) is 26.7 Å². The third-order valence-electron chi connectivity index (χ3n) is 9.28. The smallest absolute Gasteiger partial charge is 0.409 e. The Balaban J connectivity index is 1.28. The maximum atomic E-state index is 14.3. The summed E-state index contributed by atoms with van der Waals surface area (Å²) in [5, 5.41) is 9.00. The van der Waals surface area contributed by atoms with Crippen molar-refractivity contribution < 1.29 is 28.7 Å². The number of ketones is 1. The minimum Gasteiger partial charge on any atom is -0.448 e. The summed E-state index contributed by atoms with van der Waals surface area (Å²) >= 11 is 2.99. The molecule has 288 valence electrons. The minimum atomic E-state index is -0.826. The molecule has 3 heterocycles. The average molecular weight is 775 g/mol. The van der Waals surface area contributed by atoms with Crippen molar-refractivity contribution in [2.24, 2.45) is 5.92 Å². The summed E-state index contributed by atoms with van der Waals surface area (Å²) in [7, 11) is 1.68. The van der Waals surface area contributed by atoms with E-state index in [1.165, 1.54) is 16.2 Å². The fourth-order valence-electron chi connectivity index (χ4n) is 6.33. The summed E-state index contributed by atoms with van der Waals surface area (Å²) in [6, 6.07) is 18.5. The fraction of sp³-hybridized carbons (Fsp3) is 0.450. The molecule has 5 rings (SSSR count). The second-order valence-corrected chi connectivity index (χ2v) is 15.8. The quantitative estimate of drug-likeness (QED) is 0.0960. The normalized spacial score (nSPS) is 14.3. The highest BCUT2D eigenvalue weighted by Gasteiger charge is 2.29. The molecule has 0 bridgehead atoms. The topological polar surface area (TPSA) is 143 Å². The first-order valence-corrected chi connectivity index (χ1v) is 20.2. The van der Waals surface area contributed by atoms with Crippen LogP contribution in [0.2, 0.25) is 0 Å². The van der Waals surface area contributed by atoms with Gasteiger partial charge in [0, 0.05) is 43.5 Å². The van der Waals surface area contributed by atoms with Crippen molar-refractivity contribution in [3.05, 3.63) is 104 Å². The van der Waals surface area contributed by atoms with Crippen molar-refractivity contribution in [1.29, 1.82) is 0 Å². The van der Waals surface area contributed by atoms with E-state index in [-0.39, 0.29) is 49.8 Å². The number of carbonyl (C=O) groups excluding carboxylic acids is 4. The van der Waals surface area contributed by atoms with Gasteiger partial charge in [0.1, 0.15) is 13.2 Å². The van der Waals surface area contributed by atoms with Gasteiger partial charge >= 0.3 is 18.2 Å². The molecule has 0 saturated carbocycles. The van der Waals surface area contributed by atoms with Gasteiger partial charge in [-0.25, -0.2) is 19.4 Å². The van der Waals surface area contributed by atoms with E-state index in [1.807, 2.05) is 66.0 Å². The third-order valence-corrected chi connectivity index (χ3v) is 11.2. The number of urea groups is 1. The van der Waals surface area contributed by atoms with Gasteiger partial charge in [0.2, 0.25) is 0 Å². The molecular formula is C40H50N6O6S2. The molecule has 0 radical (unpaired) electrons. The lowest BCUT2D eigenvalue weighted by molar-refractivity contribution is -0.122. The van der Waals surface area contributed by atoms with E-state index in [0.29, 0.717) is 51.3 Å². The fourth-order valence-corrected chi connectivity index (χ4v) is 7.66. The van der Waals surface area contributed by atoms with Crippen molar-refractivity contribution in [3.8, 4) is 0 Å². The van der Waals surface area contributed by atoms with Gasteiger partial charge in [-0.05, 0) is 49.1 Å². The molecule has 54 heavy (non-hydrogen) atoms. The molecular weight excluding hydrogens is 725 g/mol. The summed E-state index contributed by atoms with van der Waals surface area (Å²) < 4.78 is 10.6. The van der Waals surface area contributed by atoms with E-state index in [9.17, 15) is 19.2 Å². The lowest BCUT2D eigenvalue weighted by Gasteiger charge is -2.26. The van der Waals surface area contributed by atoms with Crippen LogP contribution in [0.5, 0.6) is 0 Å². The van der Waals surface area contributed by atoms with Crippen molar-refractivity contribution in [3.63, 3.8) is 0 Å². The third kappa shape index (κ3) is 12.9. The molecule has 1 aliphatic rings. The van der Waals surface area contributed by atoms with Gasteiger partial charge in [0.05, 0.1) is 40.2 Å². The highest BCUT2D eigenvalue weighted by molar-refractivity contribution is 7.09. The zero-order chi connectivity index (χ0) is 38.3. The van der Waals surface area contributed by atoms with Crippen LogP contribution in [0.15, 0.2) is 77.8 Å². The van der Waals surface area contributed by atoms with Gasteiger partial charge in [0.15, 0.2) is 5.78 Å². The number of carbonyl (C=O) groups is 4. The van der Waals surface area contributed by atoms with Gasteiger partial charge in [-0.3, -0.25) is 9.78 Å². The monoisotopic (exact) mass is 774 g/mol. The molecule has 0 aliphatic carbocycles. The number of hydrogen-bond donors (Lipinski definition) is 2. The number of Topliss-reactive ketones (excluding diaryl/α,β-unsaturated/α-hetero) is 1. The number of hydrogen-bond acceptors (Lipinski definition) is 10. The summed E-state index contributed by atoms with van der Waals surface area (Å²) in [6.07, 6.45) is 3.67. The molecule has 4 amide bonds. The van der Waals surface area contributed by atoms with Crippen LogP contribution in [0.3, 0.4) is 0 Å². The minimum absolute atomic E-state index is 0.0912. The Kier molecular flexibility index (Phi) is 15.4. The molecule has 12 nitrogen and oxygen atoms in total. The van der Waals surface area contributed by atoms with Crippen molar-refractivity contribution in [2.45, 2.75) is 83.5 Å². The first-order valence-electron chi connectivity index (χ1n) is 18.4. The number of nitrogens with one attached hydrogen (secondary N) is 2. The van der Waals surface area contributed by atoms with Crippen LogP contribution >= 0.6 is 22.7 Å². The Labute approximate surface area is 325 Å². The highest BCUT2D eigenvalue weighted by atomic mass is 32.1. The number of amides is 4. The number of nitrogens with zero attached hydrogens (tertiary/aromatic N) is 4. The first-order chi connectivity index (χ1) is 26.1. The molecule has 4 aromatic rings. The zero-order valence-electron chi connectivity index (χ0n) is 31.1. The molecule has 2 N–H and O–H groups in total. The van der Waals surface area contributed by atoms with Gasteiger partial charge in [-0.15, -0.1) is 22.7 Å². The average Bonchev–Trinajstić information content (AvgIpc) is 3.95. The van der Waals surface area contributed by atoms with E-state index < -0.39 is 18.2 Å². The summed E-state index contributed by atoms with van der Waals surface area (Å²) in [4.78, 5) is 65.7. The second-order valence-electron chi connectivity index (χ2n) is 14.0. The molecule has 2 aromatic heterocycles. The summed E-state index contributed by atoms with van der Waals surface area (Å²) in [5.41, 5.74) is 4.66. The number of aromatic nitrogens is 2. The molecule has 1 saturated heterocycles. The Hall–Kier alpha value is -4.82. The Morgan fingerprint density at radius 1 is 0.963 bits per heavy atom. The van der Waals surface area contributed by atoms with E-state index in [0.717, 1.165) is 26.7 Å². The number of thiazole rings is 2. The number of cyclic esters (lactones) is 1. The largest absolute Gasteiger partial charge is 0.448 e. The Morgan fingerprint density at radius 2 is 1.69 bits per heavy atom. The molecule has 14 heteroatoms. The first kappa shape index (κ1) is 40.4. The van der Waals surface area contributed by atoms with Crippen LogP contribution in [-0.4, -0.2) is 82.6 Å². The Morgan fingerprint density at radius 3 is 2.31 bits per heavy atom. The standard InChI is InChI=1S/C40H50N6O6S2/c1-28(2)37-42-33(26-53-37)24-45(3)38(48)44-35(16-17-46-18-19-51-40(46)50)36(47)22-31(20-29-10-6-4-7-11-29)14-15-32(21-30-12-8-5-9-13-30)43-39(49)52-25-34-23-41-27-54-34/h4-13,23,26-28,31-32,35H,14-22,24-25H2,1-3H3,(H,43,49)(H,44,48)/t31-,32-,35-/m0/s1. The number of ether oxygens (including phenoxy) is 2. The Bertz CT molecular complexity index is 1770. The summed E-state index contributed by atoms with van der Waals surface area (Å²) in [5.74, 6) is 0.0856. The number of rotatable bonds is 20. The van der Waals surface area contributed by atoms with Crippen molar-refractivity contribution in [1.82, 2.24) is 30.4 Å². The SMILES string of the molecule is CC(C)c1nc(CN(C)C(=O)N[C@@H](CCN2CCOC2=O)C(=O)C[C@@H](CC[C@@H](Cc2ccccc2)NC(=O)OCc2cncs2)Cc2ccccc2)cs1. The van der Waals surface area contributed by atoms with Crippen molar-refractivity contribution >= 4 is 46.7 Å². The molecule has 1 fully saturated rings. The maximum Gasteiger partial charge on any atom is 0.409 e. The van der Waals surface area contributed by atoms with Gasteiger partial charge in [0.25, 0.3) is 0 Å². The van der Waals surface area contributed by atoms with Crippen LogP contribution in [0.1, 0.15) is 72.2 Å². The van der Waals surface area contributed by atoms with Gasteiger partial charge in [-0.1, -0.05) is 74.5 Å². The van der Waals surface area contributed by atoms with Crippen LogP contribution < -0.4 is 10.6 Å². The van der Waals surface area contributed by atoms with Crippen LogP contribution in [0, 0.1) is 5.92 Å². The van der Waals surface area contributed by atoms with Gasteiger partial charge in [-0.2, -0.15) is 0 Å². The highest BCUT2D eigenvalue weighted by Crippen LogP contribution is 2.23. The zero-order valence-corrected chi connectivity index (χ0v) is 32.8. The molecule has 3 atom stereocenters. The maximum absolute atomic E-state index is 14.3. The van der Waals surface area contributed by atoms with E-state index >= 15 is 0 Å². The number of benzene rings is 2. The van der Waals surface area contributed by atoms with E-state index in [4.69, 9.17) is 9.47 Å². The number of alkyl carbamates (subject to hydrolysis) is 1. The predicted octanol–water partition coefficient (Wildman–Crippen LogP) is 7.21. The van der Waals surface area contributed by atoms with Crippen LogP contribution in [0.25, 0.3) is 0 Å². The van der Waals surface area contributed by atoms with Gasteiger partial charge < -0.3 is 29.9 Å². The predicted molar refractivity (Wildman–Crippen MR) is 209 cm³/mol. The van der Waals surface area contributed by atoms with Crippen LogP contribution in [-0.2, 0) is 40.3 Å². The second kappa shape index (κ2) is 20.6. The lowest BCUT2D eigenvalue weighted by atomic mass is 9.86. The molecule has 0 unspecified atom stereocenters. The van der Waals surface area contributed by atoms with Crippen LogP contribution in [0.4, 0.5) is 14.4 Å². The van der Waals surface area contributed by atoms with E-state index in [1.54, 1.807) is 35.0 Å². The molecule has 0 spiro atoms. The molecule has 1 aliphatic heterocycles. The summed E-state index contributed by atoms with van der Waals surface area (Å²) in [6.45, 7) is 5.61.